The van der Waals surface area contributed by atoms with Gasteiger partial charge in [0.2, 0.25) is 5.91 Å². The highest BCUT2D eigenvalue weighted by Crippen LogP contribution is 2.33. The van der Waals surface area contributed by atoms with E-state index in [1.165, 1.54) is 17.2 Å². The zero-order valence-electron chi connectivity index (χ0n) is 22.1. The van der Waals surface area contributed by atoms with Gasteiger partial charge in [-0.1, -0.05) is 80.3 Å². The number of Topliss-reactive ketones (excluding diaryl/α,β-unsaturated/α-hetero) is 2. The molecule has 39 heavy (non-hydrogen) atoms. The van der Waals surface area contributed by atoms with E-state index in [9.17, 15) is 18.8 Å². The molecular weight excluding hydrogens is 489 g/mol. The molecule has 5 rings (SSSR count). The van der Waals surface area contributed by atoms with Crippen molar-refractivity contribution in [3.8, 4) is 11.1 Å². The summed E-state index contributed by atoms with van der Waals surface area (Å²) in [6.07, 6.45) is 11.5. The first-order valence-electron chi connectivity index (χ1n) is 13.2. The van der Waals surface area contributed by atoms with Gasteiger partial charge in [-0.15, -0.1) is 0 Å². The Balaban J connectivity index is 0.000000270. The smallest absolute Gasteiger partial charge is 0.221 e. The Morgan fingerprint density at radius 2 is 1.69 bits per heavy atom. The summed E-state index contributed by atoms with van der Waals surface area (Å²) >= 11 is 0. The summed E-state index contributed by atoms with van der Waals surface area (Å²) < 4.78 is 12.8. The summed E-state index contributed by atoms with van der Waals surface area (Å²) in [4.78, 5) is 35.5. The third-order valence-electron chi connectivity index (χ3n) is 7.55. The lowest BCUT2D eigenvalue weighted by atomic mass is 9.82. The van der Waals surface area contributed by atoms with Crippen LogP contribution in [0.1, 0.15) is 76.0 Å². The fourth-order valence-corrected chi connectivity index (χ4v) is 5.29. The van der Waals surface area contributed by atoms with Crippen molar-refractivity contribution in [2.75, 3.05) is 0 Å². The van der Waals surface area contributed by atoms with E-state index in [1.54, 1.807) is 13.0 Å². The Bertz CT molecular complexity index is 1360. The Hall–Kier alpha value is -3.86. The molecule has 1 fully saturated rings. The molecule has 0 saturated carbocycles. The van der Waals surface area contributed by atoms with Crippen molar-refractivity contribution in [1.29, 1.82) is 0 Å². The largest absolute Gasteiger partial charge is 0.340 e. The van der Waals surface area contributed by atoms with E-state index >= 15 is 0 Å². The van der Waals surface area contributed by atoms with E-state index in [0.29, 0.717) is 24.8 Å². The van der Waals surface area contributed by atoms with Gasteiger partial charge < -0.3 is 5.32 Å². The van der Waals surface area contributed by atoms with E-state index in [2.05, 4.69) is 37.0 Å². The molecule has 4 nitrogen and oxygen atoms in total. The summed E-state index contributed by atoms with van der Waals surface area (Å²) in [5.74, 6) is -0.0307. The number of hydrogen-bond donors (Lipinski definition) is 1. The number of aryl methyl sites for hydroxylation is 1. The number of hydrogen-bond acceptors (Lipinski definition) is 3. The van der Waals surface area contributed by atoms with E-state index in [4.69, 9.17) is 0 Å². The van der Waals surface area contributed by atoms with Crippen molar-refractivity contribution in [1.82, 2.24) is 5.32 Å². The Morgan fingerprint density at radius 1 is 0.949 bits per heavy atom. The second-order valence-corrected chi connectivity index (χ2v) is 10.2. The number of amides is 1. The van der Waals surface area contributed by atoms with Crippen molar-refractivity contribution in [2.24, 2.45) is 0 Å². The Kier molecular flexibility index (Phi) is 9.74. The lowest BCUT2D eigenvalue weighted by Crippen LogP contribution is -2.53. The van der Waals surface area contributed by atoms with Crippen LogP contribution >= 0.6 is 0 Å². The summed E-state index contributed by atoms with van der Waals surface area (Å²) in [6.45, 7) is 7.60. The van der Waals surface area contributed by atoms with Crippen LogP contribution < -0.4 is 5.32 Å². The second-order valence-electron chi connectivity index (χ2n) is 10.2. The predicted molar refractivity (Wildman–Crippen MR) is 157 cm³/mol. The number of carbonyl (C=O) groups excluding carboxylic acids is 3. The molecule has 3 aliphatic rings. The molecule has 0 radical (unpaired) electrons. The van der Waals surface area contributed by atoms with Gasteiger partial charge in [0.15, 0.2) is 11.6 Å². The normalized spacial score (nSPS) is 20.8. The number of rotatable bonds is 4. The number of allylic oxidation sites excluding steroid dienone is 6. The average molecular weight is 528 g/mol. The first-order valence-corrected chi connectivity index (χ1v) is 13.2. The maximum atomic E-state index is 12.8. The van der Waals surface area contributed by atoms with Gasteiger partial charge in [-0.25, -0.2) is 4.39 Å². The van der Waals surface area contributed by atoms with Crippen LogP contribution in [-0.4, -0.2) is 17.5 Å². The fraction of sp³-hybridized carbons (Fsp3) is 0.324. The number of halogens is 1. The minimum absolute atomic E-state index is 0. The van der Waals surface area contributed by atoms with Crippen LogP contribution in [-0.2, 0) is 19.9 Å². The monoisotopic (exact) mass is 527 g/mol. The summed E-state index contributed by atoms with van der Waals surface area (Å²) in [7, 11) is 0. The van der Waals surface area contributed by atoms with Gasteiger partial charge in [-0.3, -0.25) is 14.4 Å². The molecule has 2 aliphatic carbocycles. The molecular formula is C34H38FNO3. The molecule has 0 spiro atoms. The molecule has 1 aliphatic heterocycles. The quantitative estimate of drug-likeness (QED) is 0.412. The fourth-order valence-electron chi connectivity index (χ4n) is 5.29. The van der Waals surface area contributed by atoms with E-state index in [1.807, 2.05) is 36.4 Å². The lowest BCUT2D eigenvalue weighted by molar-refractivity contribution is -0.137. The number of nitrogens with one attached hydrogen (secondary N) is 1. The first kappa shape index (κ1) is 29.7. The van der Waals surface area contributed by atoms with Gasteiger partial charge in [-0.2, -0.15) is 0 Å². The predicted octanol–water partition coefficient (Wildman–Crippen LogP) is 7.87. The summed E-state index contributed by atoms with van der Waals surface area (Å²) in [5, 5.41) is 2.86. The van der Waals surface area contributed by atoms with Crippen LogP contribution in [0.3, 0.4) is 0 Å². The van der Waals surface area contributed by atoms with Crippen molar-refractivity contribution in [3.63, 3.8) is 0 Å². The highest BCUT2D eigenvalue weighted by atomic mass is 19.1. The molecule has 2 aromatic rings. The van der Waals surface area contributed by atoms with Gasteiger partial charge in [0.25, 0.3) is 0 Å². The number of carbonyl (C=O) groups is 3. The maximum absolute atomic E-state index is 12.8. The number of ketones is 2. The van der Waals surface area contributed by atoms with Crippen LogP contribution in [0.4, 0.5) is 4.39 Å². The molecule has 1 heterocycles. The number of piperidine rings is 1. The van der Waals surface area contributed by atoms with Gasteiger partial charge in [0.05, 0.1) is 0 Å². The highest BCUT2D eigenvalue weighted by Gasteiger charge is 2.39. The third kappa shape index (κ3) is 6.59. The zero-order valence-corrected chi connectivity index (χ0v) is 22.1. The van der Waals surface area contributed by atoms with Crippen LogP contribution in [0.5, 0.6) is 0 Å². The van der Waals surface area contributed by atoms with Crippen molar-refractivity contribution in [3.05, 3.63) is 101 Å². The van der Waals surface area contributed by atoms with Crippen LogP contribution in [0.2, 0.25) is 0 Å². The Labute approximate surface area is 231 Å². The van der Waals surface area contributed by atoms with Crippen LogP contribution in [0.25, 0.3) is 17.2 Å². The van der Waals surface area contributed by atoms with Crippen molar-refractivity contribution in [2.45, 2.75) is 71.8 Å². The van der Waals surface area contributed by atoms with Crippen molar-refractivity contribution < 1.29 is 18.8 Å². The van der Waals surface area contributed by atoms with Crippen molar-refractivity contribution >= 4 is 23.5 Å². The third-order valence-corrected chi connectivity index (χ3v) is 7.55. The minimum Gasteiger partial charge on any atom is -0.340 e. The first-order chi connectivity index (χ1) is 18.2. The highest BCUT2D eigenvalue weighted by molar-refractivity contribution is 6.00. The van der Waals surface area contributed by atoms with Gasteiger partial charge in [0, 0.05) is 31.3 Å². The minimum atomic E-state index is -0.938. The van der Waals surface area contributed by atoms with Crippen LogP contribution in [0.15, 0.2) is 84.2 Å². The average Bonchev–Trinajstić information content (AvgIpc) is 2.91. The molecule has 1 atom stereocenters. The molecule has 2 aromatic carbocycles. The molecule has 1 saturated heterocycles. The zero-order chi connectivity index (χ0) is 27.3. The lowest BCUT2D eigenvalue weighted by Gasteiger charge is -2.33. The molecule has 1 amide bonds. The summed E-state index contributed by atoms with van der Waals surface area (Å²) in [6, 6.07) is 14.1. The Morgan fingerprint density at radius 3 is 2.41 bits per heavy atom. The molecule has 5 heteroatoms. The molecule has 0 bridgehead atoms. The topological polar surface area (TPSA) is 63.2 Å². The maximum Gasteiger partial charge on any atom is 0.221 e. The van der Waals surface area contributed by atoms with E-state index < -0.39 is 5.54 Å². The second kappa shape index (κ2) is 12.8. The summed E-state index contributed by atoms with van der Waals surface area (Å²) in [5.41, 5.74) is 6.25. The standard InChI is InChI=1S/C23H23NO2.C10H11FO.CH4/c1-4-5-8-19-16(2)7-6-9-20(19)17-10-12-18(13-11-17)23(3)21(25)14-15-22(26)24-23;11-8-5-4-7-2-1-3-10(12)9(7)6-8;/h4-13H,1,14-15H2,2-3H3,(H,24,26);6H,1-5H2;1H4/b8-5-;;/t23-;;/m0../s1. The molecule has 0 aromatic heterocycles. The van der Waals surface area contributed by atoms with E-state index in [0.717, 1.165) is 41.5 Å². The molecule has 0 unspecified atom stereocenters. The molecule has 204 valence electrons. The van der Waals surface area contributed by atoms with Gasteiger partial charge in [-0.05, 0) is 67.0 Å². The van der Waals surface area contributed by atoms with E-state index in [-0.39, 0.29) is 37.1 Å². The van der Waals surface area contributed by atoms with Gasteiger partial charge >= 0.3 is 0 Å². The van der Waals surface area contributed by atoms with Gasteiger partial charge in [0.1, 0.15) is 11.4 Å². The SMILES string of the molecule is C.C=C/C=C\c1c(C)cccc1-c1ccc([C@]2(C)NC(=O)CCC2=O)cc1.O=C1CCCC2=C1C=C(F)CC2. The molecule has 1 N–H and O–H groups in total. The van der Waals surface area contributed by atoms with Crippen LogP contribution in [0, 0.1) is 6.92 Å². The number of benzene rings is 2.